The highest BCUT2D eigenvalue weighted by molar-refractivity contribution is 7.94. The Morgan fingerprint density at radius 2 is 0.843 bits per heavy atom. The molecule has 0 atom stereocenters. The van der Waals surface area contributed by atoms with Crippen molar-refractivity contribution < 1.29 is 79.5 Å². The van der Waals surface area contributed by atoms with Crippen LogP contribution in [0.25, 0.3) is 12.2 Å². The molecule has 2 aromatic heterocycles. The summed E-state index contributed by atoms with van der Waals surface area (Å²) in [7, 11) is -21.9. The number of aromatic nitrogens is 6. The van der Waals surface area contributed by atoms with Crippen molar-refractivity contribution in [3.8, 4) is 0 Å². The van der Waals surface area contributed by atoms with Gasteiger partial charge in [-0.25, -0.2) is 5.26 Å². The third-order valence-corrected chi connectivity index (χ3v) is 13.7. The molecule has 12 N–H and O–H groups in total. The molecule has 2 heterocycles. The summed E-state index contributed by atoms with van der Waals surface area (Å²) in [5, 5.41) is 28.2. The van der Waals surface area contributed by atoms with Gasteiger partial charge in [-0.2, -0.15) is 72.0 Å². The first-order valence-corrected chi connectivity index (χ1v) is 26.3. The minimum Gasteiger partial charge on any atom is -0.357 e. The van der Waals surface area contributed by atoms with Gasteiger partial charge in [-0.05, 0) is 71.8 Å². The average Bonchev–Trinajstić information content (AvgIpc) is 3.26. The summed E-state index contributed by atoms with van der Waals surface area (Å²) < 4.78 is 175. The third-order valence-electron chi connectivity index (χ3n) is 8.68. The summed E-state index contributed by atoms with van der Waals surface area (Å²) in [6.45, 7) is 0. The Balaban J connectivity index is 1.27. The largest absolute Gasteiger partial charge is 0.357 e. The highest BCUT2D eigenvalue weighted by Crippen LogP contribution is 2.34. The number of rotatable bonds is 20. The van der Waals surface area contributed by atoms with E-state index in [9.17, 15) is 64.9 Å². The van der Waals surface area contributed by atoms with Gasteiger partial charge < -0.3 is 31.9 Å². The van der Waals surface area contributed by atoms with Gasteiger partial charge in [-0.15, -0.1) is 4.33 Å². The van der Waals surface area contributed by atoms with E-state index in [4.69, 9.17) is 5.26 Å². The number of nitrogens with zero attached hydrogens (tertiary/aromatic N) is 6. The summed E-state index contributed by atoms with van der Waals surface area (Å²) in [5.74, 6) is -1.36. The van der Waals surface area contributed by atoms with Crippen LogP contribution in [0, 0.1) is 0 Å². The molecule has 0 aliphatic carbocycles. The van der Waals surface area contributed by atoms with E-state index in [0.717, 1.165) is 48.6 Å². The highest BCUT2D eigenvalue weighted by atomic mass is 32.2. The molecule has 0 amide bonds. The maximum absolute atomic E-state index is 12.7. The second-order valence-corrected chi connectivity index (χ2v) is 21.1. The van der Waals surface area contributed by atoms with Crippen LogP contribution in [0.2, 0.25) is 0 Å². The van der Waals surface area contributed by atoms with E-state index >= 15 is 0 Å². The predicted octanol–water partition coefficient (Wildman–Crippen LogP) is 3.95. The van der Waals surface area contributed by atoms with Crippen LogP contribution in [-0.2, 0) is 60.0 Å². The predicted molar refractivity (Wildman–Crippen MR) is 246 cm³/mol. The zero-order chi connectivity index (χ0) is 51.4. The van der Waals surface area contributed by atoms with Crippen molar-refractivity contribution in [3.63, 3.8) is 0 Å². The first-order valence-electron chi connectivity index (χ1n) is 18.4. The summed E-state index contributed by atoms with van der Waals surface area (Å²) in [4.78, 5) is 20.8. The van der Waals surface area contributed by atoms with E-state index in [2.05, 4.69) is 71.2 Å². The topological polar surface area (TPSA) is 460 Å². The Morgan fingerprint density at radius 1 is 0.457 bits per heavy atom. The Morgan fingerprint density at radius 3 is 1.24 bits per heavy atom. The van der Waals surface area contributed by atoms with Gasteiger partial charge in [-0.1, -0.05) is 29.3 Å². The fraction of sp³-hybridized carbons (Fsp3) is 0.0588. The van der Waals surface area contributed by atoms with Crippen molar-refractivity contribution in [2.45, 2.75) is 29.4 Å². The standard InChI is InChI=1S/C34H32N12O18S6/c1-35-29-41-31(45-33(43-29)39-23-11-9-21(66(48,49)50)15-25(23)65-64-63-47)37-19-7-5-17(26(13-19)68(54,55)56)3-4-18-6-8-20(14-27(18)69(57,58)59)38-32-42-30(36-2)44-34(46-32)40-24-12-10-22(67(51,52)53)16-28(24)70(60,61)62/h3-16,47H,1-2H3,(H,48,49,50)(H,51,52,53)(H,54,55,56)(H,57,58,59)(H,60,61,62)(H3,35,37,39,41,43,45)(H3,36,38,40,42,44,46). The van der Waals surface area contributed by atoms with Crippen molar-refractivity contribution in [1.29, 1.82) is 0 Å². The summed E-state index contributed by atoms with van der Waals surface area (Å²) in [5.41, 5.74) is -0.859. The van der Waals surface area contributed by atoms with E-state index < -0.39 is 86.7 Å². The Labute approximate surface area is 399 Å². The van der Waals surface area contributed by atoms with Crippen molar-refractivity contribution in [3.05, 3.63) is 83.9 Å². The molecule has 372 valence electrons. The van der Waals surface area contributed by atoms with Crippen molar-refractivity contribution in [2.24, 2.45) is 0 Å². The molecule has 36 heteroatoms. The van der Waals surface area contributed by atoms with Gasteiger partial charge in [0.05, 0.1) is 38.1 Å². The average molecular weight is 1090 g/mol. The minimum atomic E-state index is -5.11. The molecule has 0 bridgehead atoms. The molecule has 30 nitrogen and oxygen atoms in total. The van der Waals surface area contributed by atoms with E-state index in [1.807, 2.05) is 0 Å². The molecule has 0 aliphatic heterocycles. The van der Waals surface area contributed by atoms with Gasteiger partial charge >= 0.3 is 0 Å². The summed E-state index contributed by atoms with van der Waals surface area (Å²) in [6.07, 6.45) is 2.21. The van der Waals surface area contributed by atoms with E-state index in [1.54, 1.807) is 0 Å². The number of hydrogen-bond donors (Lipinski definition) is 12. The monoisotopic (exact) mass is 1090 g/mol. The second kappa shape index (κ2) is 20.7. The molecule has 0 aliphatic rings. The SMILES string of the molecule is CNc1nc(Nc2ccc(C=Cc3ccc(Nc4nc(NC)nc(Nc5ccc(S(=O)(=O)O)cc5S(=O)(=O)O)n4)cc3S(=O)(=O)O)c(S(=O)(=O)O)c2)nc(Nc2ccc(S(=O)(=O)O)cc2SOOO)n1. The molecule has 0 saturated carbocycles. The molecule has 70 heavy (non-hydrogen) atoms. The minimum absolute atomic E-state index is 0.0210. The van der Waals surface area contributed by atoms with E-state index in [0.29, 0.717) is 18.1 Å². The Hall–Kier alpha value is -6.78. The van der Waals surface area contributed by atoms with Crippen LogP contribution in [0.4, 0.5) is 58.4 Å². The lowest BCUT2D eigenvalue weighted by Crippen LogP contribution is -2.10. The van der Waals surface area contributed by atoms with Crippen molar-refractivity contribution in [2.75, 3.05) is 46.0 Å². The van der Waals surface area contributed by atoms with Gasteiger partial charge in [0.25, 0.3) is 50.6 Å². The van der Waals surface area contributed by atoms with Crippen molar-refractivity contribution >= 4 is 133 Å². The normalized spacial score (nSPS) is 12.4. The molecular formula is C34H32N12O18S6. The molecule has 0 fully saturated rings. The lowest BCUT2D eigenvalue weighted by atomic mass is 10.1. The van der Waals surface area contributed by atoms with Crippen LogP contribution >= 0.6 is 12.0 Å². The molecule has 0 radical (unpaired) electrons. The first kappa shape index (κ1) is 52.6. The number of hydrogen-bond acceptors (Lipinski definition) is 26. The van der Waals surface area contributed by atoms with Crippen LogP contribution in [0.1, 0.15) is 11.1 Å². The van der Waals surface area contributed by atoms with Gasteiger partial charge in [-0.3, -0.25) is 22.8 Å². The molecule has 6 aromatic rings. The first-order chi connectivity index (χ1) is 32.6. The van der Waals surface area contributed by atoms with Gasteiger partial charge in [0.15, 0.2) is 0 Å². The molecule has 6 rings (SSSR count). The molecule has 0 spiro atoms. The van der Waals surface area contributed by atoms with Gasteiger partial charge in [0.1, 0.15) is 14.7 Å². The fourth-order valence-electron chi connectivity index (χ4n) is 5.69. The lowest BCUT2D eigenvalue weighted by molar-refractivity contribution is -0.432. The zero-order valence-electron chi connectivity index (χ0n) is 34.8. The maximum Gasteiger partial charge on any atom is 0.296 e. The Kier molecular flexibility index (Phi) is 15.5. The maximum atomic E-state index is 12.7. The second-order valence-electron chi connectivity index (χ2n) is 13.4. The number of nitrogens with one attached hydrogen (secondary N) is 6. The van der Waals surface area contributed by atoms with Crippen LogP contribution in [0.5, 0.6) is 0 Å². The fourth-order valence-corrected chi connectivity index (χ4v) is 9.43. The summed E-state index contributed by atoms with van der Waals surface area (Å²) >= 11 is 0.337. The Bertz CT molecular complexity index is 3630. The smallest absolute Gasteiger partial charge is 0.296 e. The molecular weight excluding hydrogens is 1060 g/mol. The van der Waals surface area contributed by atoms with Crippen LogP contribution in [0.15, 0.2) is 102 Å². The van der Waals surface area contributed by atoms with Crippen molar-refractivity contribution in [1.82, 2.24) is 29.9 Å². The molecule has 0 saturated heterocycles. The van der Waals surface area contributed by atoms with E-state index in [-0.39, 0.29) is 62.8 Å². The van der Waals surface area contributed by atoms with Gasteiger partial charge in [0.2, 0.25) is 35.7 Å². The van der Waals surface area contributed by atoms with Gasteiger partial charge in [0, 0.05) is 25.5 Å². The highest BCUT2D eigenvalue weighted by Gasteiger charge is 2.23. The third kappa shape index (κ3) is 13.5. The number of anilines is 10. The van der Waals surface area contributed by atoms with E-state index in [1.165, 1.54) is 44.4 Å². The van der Waals surface area contributed by atoms with Crippen LogP contribution < -0.4 is 31.9 Å². The lowest BCUT2D eigenvalue weighted by Gasteiger charge is -2.13. The molecule has 4 aromatic carbocycles. The van der Waals surface area contributed by atoms with Crippen LogP contribution in [-0.4, -0.2) is 114 Å². The molecule has 0 unspecified atom stereocenters. The zero-order valence-corrected chi connectivity index (χ0v) is 39.7. The van der Waals surface area contributed by atoms with Crippen LogP contribution in [0.3, 0.4) is 0 Å². The summed E-state index contributed by atoms with van der Waals surface area (Å²) in [6, 6.07) is 12.3. The number of benzene rings is 4. The quantitative estimate of drug-likeness (QED) is 0.0169.